The SMILES string of the molecule is OC(Cc1cc(F)ccc1F)c1cncc(F)c1. The van der Waals surface area contributed by atoms with E-state index in [9.17, 15) is 18.3 Å². The van der Waals surface area contributed by atoms with E-state index in [4.69, 9.17) is 0 Å². The minimum atomic E-state index is -1.13. The number of hydrogen-bond donors (Lipinski definition) is 1. The van der Waals surface area contributed by atoms with Crippen molar-refractivity contribution >= 4 is 0 Å². The Bertz CT molecular complexity index is 560. The molecule has 0 aliphatic heterocycles. The summed E-state index contributed by atoms with van der Waals surface area (Å²) in [6.07, 6.45) is 1.00. The van der Waals surface area contributed by atoms with Gasteiger partial charge in [-0.2, -0.15) is 0 Å². The lowest BCUT2D eigenvalue weighted by atomic mass is 10.0. The minimum Gasteiger partial charge on any atom is -0.388 e. The molecule has 0 amide bonds. The summed E-state index contributed by atoms with van der Waals surface area (Å²) in [5.74, 6) is -1.79. The van der Waals surface area contributed by atoms with Crippen LogP contribution in [0.15, 0.2) is 36.7 Å². The van der Waals surface area contributed by atoms with Gasteiger partial charge in [-0.1, -0.05) is 0 Å². The monoisotopic (exact) mass is 253 g/mol. The van der Waals surface area contributed by atoms with Gasteiger partial charge in [-0.05, 0) is 29.8 Å². The second kappa shape index (κ2) is 5.18. The van der Waals surface area contributed by atoms with E-state index in [-0.39, 0.29) is 17.5 Å². The largest absolute Gasteiger partial charge is 0.388 e. The number of halogens is 3. The number of hydrogen-bond acceptors (Lipinski definition) is 2. The molecule has 1 unspecified atom stereocenters. The van der Waals surface area contributed by atoms with Crippen molar-refractivity contribution in [1.82, 2.24) is 4.98 Å². The minimum absolute atomic E-state index is 0.0340. The Hall–Kier alpha value is -1.88. The number of aromatic nitrogens is 1. The summed E-state index contributed by atoms with van der Waals surface area (Å²) in [7, 11) is 0. The van der Waals surface area contributed by atoms with Gasteiger partial charge in [-0.15, -0.1) is 0 Å². The molecule has 94 valence electrons. The lowest BCUT2D eigenvalue weighted by Gasteiger charge is -2.11. The third-order valence-electron chi connectivity index (χ3n) is 2.53. The van der Waals surface area contributed by atoms with Gasteiger partial charge in [0.05, 0.1) is 12.3 Å². The first-order valence-electron chi connectivity index (χ1n) is 5.28. The Morgan fingerprint density at radius 3 is 2.56 bits per heavy atom. The number of pyridine rings is 1. The molecule has 2 nitrogen and oxygen atoms in total. The Morgan fingerprint density at radius 2 is 1.83 bits per heavy atom. The second-order valence-corrected chi connectivity index (χ2v) is 3.89. The zero-order valence-electron chi connectivity index (χ0n) is 9.28. The quantitative estimate of drug-likeness (QED) is 0.912. The average molecular weight is 253 g/mol. The first-order chi connectivity index (χ1) is 8.56. The molecule has 1 aromatic carbocycles. The predicted molar refractivity (Wildman–Crippen MR) is 59.2 cm³/mol. The highest BCUT2D eigenvalue weighted by molar-refractivity contribution is 5.22. The Labute approximate surface area is 102 Å². The van der Waals surface area contributed by atoms with Crippen LogP contribution in [0, 0.1) is 17.5 Å². The fourth-order valence-electron chi connectivity index (χ4n) is 1.64. The maximum absolute atomic E-state index is 13.4. The van der Waals surface area contributed by atoms with Crippen LogP contribution in [-0.2, 0) is 6.42 Å². The molecule has 0 bridgehead atoms. The van der Waals surface area contributed by atoms with Crippen molar-refractivity contribution < 1.29 is 18.3 Å². The van der Waals surface area contributed by atoms with Crippen LogP contribution in [-0.4, -0.2) is 10.1 Å². The first-order valence-corrected chi connectivity index (χ1v) is 5.28. The van der Waals surface area contributed by atoms with E-state index in [2.05, 4.69) is 4.98 Å². The fraction of sp³-hybridized carbons (Fsp3) is 0.154. The topological polar surface area (TPSA) is 33.1 Å². The zero-order chi connectivity index (χ0) is 13.1. The van der Waals surface area contributed by atoms with Crippen molar-refractivity contribution in [1.29, 1.82) is 0 Å². The number of nitrogens with zero attached hydrogens (tertiary/aromatic N) is 1. The van der Waals surface area contributed by atoms with Gasteiger partial charge in [0.15, 0.2) is 0 Å². The van der Waals surface area contributed by atoms with Gasteiger partial charge in [-0.3, -0.25) is 4.98 Å². The smallest absolute Gasteiger partial charge is 0.141 e. The highest BCUT2D eigenvalue weighted by atomic mass is 19.1. The molecule has 1 atom stereocenters. The van der Waals surface area contributed by atoms with E-state index in [1.807, 2.05) is 0 Å². The van der Waals surface area contributed by atoms with E-state index in [1.54, 1.807) is 0 Å². The summed E-state index contributed by atoms with van der Waals surface area (Å²) in [6.45, 7) is 0. The molecule has 1 N–H and O–H groups in total. The van der Waals surface area contributed by atoms with E-state index in [1.165, 1.54) is 6.20 Å². The number of benzene rings is 1. The maximum Gasteiger partial charge on any atom is 0.141 e. The molecule has 1 heterocycles. The van der Waals surface area contributed by atoms with E-state index < -0.39 is 23.6 Å². The molecular formula is C13H10F3NO. The molecule has 18 heavy (non-hydrogen) atoms. The van der Waals surface area contributed by atoms with Crippen LogP contribution in [0.1, 0.15) is 17.2 Å². The Morgan fingerprint density at radius 1 is 1.06 bits per heavy atom. The van der Waals surface area contributed by atoms with Crippen LogP contribution in [0.5, 0.6) is 0 Å². The van der Waals surface area contributed by atoms with Crippen LogP contribution >= 0.6 is 0 Å². The van der Waals surface area contributed by atoms with Gasteiger partial charge in [-0.25, -0.2) is 13.2 Å². The lowest BCUT2D eigenvalue weighted by Crippen LogP contribution is -2.05. The van der Waals surface area contributed by atoms with Crippen LogP contribution in [0.2, 0.25) is 0 Å². The Kier molecular flexibility index (Phi) is 3.62. The third-order valence-corrected chi connectivity index (χ3v) is 2.53. The molecule has 0 aliphatic carbocycles. The molecule has 0 aliphatic rings. The molecule has 0 spiro atoms. The average Bonchev–Trinajstić information content (AvgIpc) is 2.34. The lowest BCUT2D eigenvalue weighted by molar-refractivity contribution is 0.176. The molecule has 2 rings (SSSR count). The zero-order valence-corrected chi connectivity index (χ0v) is 9.28. The molecule has 2 aromatic rings. The standard InChI is InChI=1S/C13H10F3NO/c14-10-1-2-12(16)8(3-10)5-13(18)9-4-11(15)7-17-6-9/h1-4,6-7,13,18H,5H2. The summed E-state index contributed by atoms with van der Waals surface area (Å²) in [5, 5.41) is 9.82. The number of aliphatic hydroxyl groups is 1. The van der Waals surface area contributed by atoms with Gasteiger partial charge in [0.2, 0.25) is 0 Å². The van der Waals surface area contributed by atoms with Gasteiger partial charge < -0.3 is 5.11 Å². The van der Waals surface area contributed by atoms with Gasteiger partial charge in [0.25, 0.3) is 0 Å². The van der Waals surface area contributed by atoms with Crippen LogP contribution in [0.3, 0.4) is 0 Å². The normalized spacial score (nSPS) is 12.4. The van der Waals surface area contributed by atoms with Crippen molar-refractivity contribution in [3.8, 4) is 0 Å². The number of rotatable bonds is 3. The highest BCUT2D eigenvalue weighted by Crippen LogP contribution is 2.20. The van der Waals surface area contributed by atoms with Gasteiger partial charge in [0.1, 0.15) is 17.5 Å². The van der Waals surface area contributed by atoms with Crippen molar-refractivity contribution in [3.63, 3.8) is 0 Å². The summed E-state index contributed by atoms with van der Waals surface area (Å²) in [4.78, 5) is 3.58. The third kappa shape index (κ3) is 2.87. The molecule has 0 saturated heterocycles. The fourth-order valence-corrected chi connectivity index (χ4v) is 1.64. The summed E-state index contributed by atoms with van der Waals surface area (Å²) in [6, 6.07) is 4.09. The van der Waals surface area contributed by atoms with Crippen molar-refractivity contribution in [2.24, 2.45) is 0 Å². The molecule has 0 fully saturated rings. The molecule has 0 saturated carbocycles. The van der Waals surface area contributed by atoms with Crippen LogP contribution < -0.4 is 0 Å². The Balaban J connectivity index is 2.21. The van der Waals surface area contributed by atoms with Crippen LogP contribution in [0.25, 0.3) is 0 Å². The summed E-state index contributed by atoms with van der Waals surface area (Å²) < 4.78 is 39.2. The van der Waals surface area contributed by atoms with E-state index >= 15 is 0 Å². The molecule has 0 radical (unpaired) electrons. The number of aliphatic hydroxyl groups excluding tert-OH is 1. The van der Waals surface area contributed by atoms with Crippen molar-refractivity contribution in [2.75, 3.05) is 0 Å². The van der Waals surface area contributed by atoms with E-state index in [0.717, 1.165) is 30.5 Å². The molecule has 5 heteroatoms. The van der Waals surface area contributed by atoms with Crippen molar-refractivity contribution in [2.45, 2.75) is 12.5 Å². The predicted octanol–water partition coefficient (Wildman–Crippen LogP) is 2.78. The summed E-state index contributed by atoms with van der Waals surface area (Å²) in [5.41, 5.74) is 0.255. The highest BCUT2D eigenvalue weighted by Gasteiger charge is 2.13. The first kappa shape index (κ1) is 12.6. The summed E-state index contributed by atoms with van der Waals surface area (Å²) >= 11 is 0. The maximum atomic E-state index is 13.4. The van der Waals surface area contributed by atoms with Gasteiger partial charge in [0, 0.05) is 18.2 Å². The van der Waals surface area contributed by atoms with Crippen molar-refractivity contribution in [3.05, 3.63) is 65.2 Å². The van der Waals surface area contributed by atoms with Crippen LogP contribution in [0.4, 0.5) is 13.2 Å². The second-order valence-electron chi connectivity index (χ2n) is 3.89. The van der Waals surface area contributed by atoms with Gasteiger partial charge >= 0.3 is 0 Å². The molecular weight excluding hydrogens is 243 g/mol. The molecule has 1 aromatic heterocycles. The van der Waals surface area contributed by atoms with E-state index in [0.29, 0.717) is 0 Å².